The summed E-state index contributed by atoms with van der Waals surface area (Å²) < 4.78 is 23.6. The van der Waals surface area contributed by atoms with Crippen molar-refractivity contribution in [2.45, 2.75) is 20.8 Å². The van der Waals surface area contributed by atoms with E-state index in [1.54, 1.807) is 6.07 Å². The number of amides is 1. The fourth-order valence-electron chi connectivity index (χ4n) is 2.32. The highest BCUT2D eigenvalue weighted by Gasteiger charge is 2.15. The number of aromatic nitrogens is 2. The van der Waals surface area contributed by atoms with Gasteiger partial charge in [0.2, 0.25) is 0 Å². The van der Waals surface area contributed by atoms with Crippen LogP contribution in [0.1, 0.15) is 29.9 Å². The first-order chi connectivity index (χ1) is 11.3. The lowest BCUT2D eigenvalue weighted by Gasteiger charge is -2.07. The third kappa shape index (κ3) is 5.19. The van der Waals surface area contributed by atoms with Gasteiger partial charge in [-0.2, -0.15) is 5.10 Å². The van der Waals surface area contributed by atoms with Crippen LogP contribution < -0.4 is 5.32 Å². The van der Waals surface area contributed by atoms with E-state index in [4.69, 9.17) is 0 Å². The molecule has 0 fully saturated rings. The summed E-state index contributed by atoms with van der Waals surface area (Å²) in [5.41, 5.74) is 3.05. The van der Waals surface area contributed by atoms with E-state index in [9.17, 15) is 13.2 Å². The molecule has 7 heteroatoms. The van der Waals surface area contributed by atoms with E-state index in [0.717, 1.165) is 11.1 Å². The Morgan fingerprint density at radius 3 is 2.54 bits per heavy atom. The average Bonchev–Trinajstić information content (AvgIpc) is 2.96. The lowest BCUT2D eigenvalue weighted by atomic mass is 10.1. The monoisotopic (exact) mass is 349 g/mol. The second-order valence-corrected chi connectivity index (χ2v) is 8.53. The summed E-state index contributed by atoms with van der Waals surface area (Å²) in [5, 5.41) is 9.43. The zero-order valence-electron chi connectivity index (χ0n) is 14.2. The van der Waals surface area contributed by atoms with E-state index in [0.29, 0.717) is 11.4 Å². The molecule has 0 atom stereocenters. The van der Waals surface area contributed by atoms with Crippen molar-refractivity contribution < 1.29 is 13.2 Å². The van der Waals surface area contributed by atoms with E-state index >= 15 is 0 Å². The summed E-state index contributed by atoms with van der Waals surface area (Å²) in [4.78, 5) is 12.1. The predicted octanol–water partition coefficient (Wildman–Crippen LogP) is 2.19. The van der Waals surface area contributed by atoms with Crippen LogP contribution in [0.4, 0.5) is 0 Å². The molecule has 0 saturated carbocycles. The summed E-state index contributed by atoms with van der Waals surface area (Å²) >= 11 is 0. The molecular formula is C17H23N3O3S. The standard InChI is InChI=1S/C17H23N3O3S/c1-12(2)11-24(22,23)9-8-18-17(21)16-10-15(19-20-16)14-6-4-13(3)5-7-14/h4-7,10,12H,8-9,11H2,1-3H3,(H,18,21)(H,19,20). The Bertz CT molecular complexity index is 793. The lowest BCUT2D eigenvalue weighted by Crippen LogP contribution is -2.30. The van der Waals surface area contributed by atoms with Crippen molar-refractivity contribution in [2.75, 3.05) is 18.1 Å². The quantitative estimate of drug-likeness (QED) is 0.801. The van der Waals surface area contributed by atoms with Crippen molar-refractivity contribution in [3.63, 3.8) is 0 Å². The van der Waals surface area contributed by atoms with Gasteiger partial charge in [-0.1, -0.05) is 43.7 Å². The Hall–Kier alpha value is -2.15. The van der Waals surface area contributed by atoms with Crippen LogP contribution in [0.15, 0.2) is 30.3 Å². The van der Waals surface area contributed by atoms with Gasteiger partial charge in [-0.25, -0.2) is 8.42 Å². The van der Waals surface area contributed by atoms with Crippen LogP contribution in [-0.4, -0.2) is 42.6 Å². The first kappa shape index (κ1) is 18.2. The van der Waals surface area contributed by atoms with E-state index < -0.39 is 9.84 Å². The minimum atomic E-state index is -3.14. The Morgan fingerprint density at radius 2 is 1.92 bits per heavy atom. The fourth-order valence-corrected chi connectivity index (χ4v) is 3.91. The third-order valence-electron chi connectivity index (χ3n) is 3.46. The van der Waals surface area contributed by atoms with Crippen molar-refractivity contribution in [1.29, 1.82) is 0 Å². The van der Waals surface area contributed by atoms with E-state index in [1.807, 2.05) is 45.0 Å². The molecule has 2 N–H and O–H groups in total. The predicted molar refractivity (Wildman–Crippen MR) is 94.6 cm³/mol. The second kappa shape index (κ2) is 7.61. The second-order valence-electron chi connectivity index (χ2n) is 6.30. The van der Waals surface area contributed by atoms with E-state index in [1.165, 1.54) is 0 Å². The Labute approximate surface area is 142 Å². The van der Waals surface area contributed by atoms with Crippen LogP contribution in [-0.2, 0) is 9.84 Å². The topological polar surface area (TPSA) is 91.9 Å². The minimum Gasteiger partial charge on any atom is -0.350 e. The lowest BCUT2D eigenvalue weighted by molar-refractivity contribution is 0.0951. The van der Waals surface area contributed by atoms with Crippen LogP contribution in [0, 0.1) is 12.8 Å². The number of benzene rings is 1. The van der Waals surface area contributed by atoms with E-state index in [-0.39, 0.29) is 29.9 Å². The van der Waals surface area contributed by atoms with Crippen LogP contribution >= 0.6 is 0 Å². The summed E-state index contributed by atoms with van der Waals surface area (Å²) in [6, 6.07) is 9.48. The SMILES string of the molecule is Cc1ccc(-c2cc(C(=O)NCCS(=O)(=O)CC(C)C)[nH]n2)cc1. The normalized spacial score (nSPS) is 11.7. The summed E-state index contributed by atoms with van der Waals surface area (Å²) in [7, 11) is -3.14. The van der Waals surface area contributed by atoms with Crippen LogP contribution in [0.25, 0.3) is 11.3 Å². The largest absolute Gasteiger partial charge is 0.350 e. The molecule has 0 saturated heterocycles. The first-order valence-corrected chi connectivity index (χ1v) is 9.70. The van der Waals surface area contributed by atoms with Gasteiger partial charge in [0.15, 0.2) is 9.84 Å². The van der Waals surface area contributed by atoms with Crippen LogP contribution in [0.3, 0.4) is 0 Å². The number of rotatable bonds is 7. The maximum atomic E-state index is 12.1. The Morgan fingerprint density at radius 1 is 1.25 bits per heavy atom. The van der Waals surface area contributed by atoms with Gasteiger partial charge < -0.3 is 5.32 Å². The molecule has 0 aliphatic rings. The first-order valence-electron chi connectivity index (χ1n) is 7.88. The van der Waals surface area contributed by atoms with Gasteiger partial charge in [-0.15, -0.1) is 0 Å². The number of hydrogen-bond donors (Lipinski definition) is 2. The van der Waals surface area contributed by atoms with Crippen LogP contribution in [0.2, 0.25) is 0 Å². The molecule has 0 aliphatic carbocycles. The molecule has 1 aromatic carbocycles. The Balaban J connectivity index is 1.93. The Kier molecular flexibility index (Phi) is 5.77. The number of carbonyl (C=O) groups is 1. The van der Waals surface area contributed by atoms with Gasteiger partial charge in [0.1, 0.15) is 5.69 Å². The highest BCUT2D eigenvalue weighted by atomic mass is 32.2. The zero-order chi connectivity index (χ0) is 17.7. The third-order valence-corrected chi connectivity index (χ3v) is 5.46. The number of hydrogen-bond acceptors (Lipinski definition) is 4. The van der Waals surface area contributed by atoms with Gasteiger partial charge in [-0.05, 0) is 18.9 Å². The number of H-pyrrole nitrogens is 1. The fraction of sp³-hybridized carbons (Fsp3) is 0.412. The van der Waals surface area contributed by atoms with Gasteiger partial charge in [-0.3, -0.25) is 9.89 Å². The summed E-state index contributed by atoms with van der Waals surface area (Å²) in [6.45, 7) is 5.80. The molecule has 1 aromatic heterocycles. The highest BCUT2D eigenvalue weighted by Crippen LogP contribution is 2.18. The number of nitrogens with zero attached hydrogens (tertiary/aromatic N) is 1. The minimum absolute atomic E-state index is 0.0596. The molecule has 2 aromatic rings. The summed E-state index contributed by atoms with van der Waals surface area (Å²) in [5.74, 6) is -0.212. The maximum Gasteiger partial charge on any atom is 0.269 e. The number of sulfone groups is 1. The summed E-state index contributed by atoms with van der Waals surface area (Å²) in [6.07, 6.45) is 0. The molecule has 24 heavy (non-hydrogen) atoms. The van der Waals surface area contributed by atoms with Crippen molar-refractivity contribution in [1.82, 2.24) is 15.5 Å². The van der Waals surface area contributed by atoms with E-state index in [2.05, 4.69) is 15.5 Å². The molecule has 1 amide bonds. The van der Waals surface area contributed by atoms with Gasteiger partial charge in [0.05, 0.1) is 17.2 Å². The van der Waals surface area contributed by atoms with Crippen LogP contribution in [0.5, 0.6) is 0 Å². The number of carbonyl (C=O) groups excluding carboxylic acids is 1. The van der Waals surface area contributed by atoms with Gasteiger partial charge in [0, 0.05) is 12.1 Å². The zero-order valence-corrected chi connectivity index (χ0v) is 15.0. The van der Waals surface area contributed by atoms with Gasteiger partial charge >= 0.3 is 0 Å². The van der Waals surface area contributed by atoms with Gasteiger partial charge in [0.25, 0.3) is 5.91 Å². The number of nitrogens with one attached hydrogen (secondary N) is 2. The molecule has 0 bridgehead atoms. The number of aromatic amines is 1. The molecule has 0 unspecified atom stereocenters. The molecule has 1 heterocycles. The maximum absolute atomic E-state index is 12.1. The molecule has 2 rings (SSSR count). The smallest absolute Gasteiger partial charge is 0.269 e. The van der Waals surface area contributed by atoms with Crippen molar-refractivity contribution in [2.24, 2.45) is 5.92 Å². The highest BCUT2D eigenvalue weighted by molar-refractivity contribution is 7.91. The molecule has 0 spiro atoms. The average molecular weight is 349 g/mol. The van der Waals surface area contributed by atoms with Crippen molar-refractivity contribution in [3.8, 4) is 11.3 Å². The number of aryl methyl sites for hydroxylation is 1. The van der Waals surface area contributed by atoms with Crippen molar-refractivity contribution >= 4 is 15.7 Å². The molecular weight excluding hydrogens is 326 g/mol. The van der Waals surface area contributed by atoms with Crippen molar-refractivity contribution in [3.05, 3.63) is 41.6 Å². The molecule has 0 radical (unpaired) electrons. The molecule has 130 valence electrons. The molecule has 0 aliphatic heterocycles. The molecule has 6 nitrogen and oxygen atoms in total.